The van der Waals surface area contributed by atoms with Crippen LogP contribution in [0.2, 0.25) is 0 Å². The molecule has 13 heavy (non-hydrogen) atoms. The third-order valence-electron chi connectivity index (χ3n) is 2.05. The lowest BCUT2D eigenvalue weighted by Gasteiger charge is -1.98. The van der Waals surface area contributed by atoms with E-state index < -0.39 is 0 Å². The molecule has 0 spiro atoms. The molecule has 0 aliphatic rings. The van der Waals surface area contributed by atoms with Crippen LogP contribution in [-0.4, -0.2) is 9.38 Å². The summed E-state index contributed by atoms with van der Waals surface area (Å²) >= 11 is 3.42. The SMILES string of the molecule is CCc1c(N)nc2ccc(Br)cn12. The molecule has 0 aliphatic carbocycles. The minimum absolute atomic E-state index is 0.626. The van der Waals surface area contributed by atoms with Gasteiger partial charge in [0.25, 0.3) is 0 Å². The summed E-state index contributed by atoms with van der Waals surface area (Å²) < 4.78 is 3.05. The number of fused-ring (bicyclic) bond motifs is 1. The molecule has 68 valence electrons. The first-order chi connectivity index (χ1) is 6.22. The quantitative estimate of drug-likeness (QED) is 0.830. The second-order valence-corrected chi connectivity index (χ2v) is 3.79. The lowest BCUT2D eigenvalue weighted by atomic mass is 10.3. The van der Waals surface area contributed by atoms with Gasteiger partial charge in [-0.2, -0.15) is 0 Å². The lowest BCUT2D eigenvalue weighted by Crippen LogP contribution is -1.94. The highest BCUT2D eigenvalue weighted by Crippen LogP contribution is 2.18. The topological polar surface area (TPSA) is 43.3 Å². The van der Waals surface area contributed by atoms with Crippen LogP contribution in [0.3, 0.4) is 0 Å². The van der Waals surface area contributed by atoms with Crippen LogP contribution in [0.1, 0.15) is 12.6 Å². The van der Waals surface area contributed by atoms with E-state index in [0.29, 0.717) is 5.82 Å². The number of aryl methyl sites for hydroxylation is 1. The second-order valence-electron chi connectivity index (χ2n) is 2.87. The number of pyridine rings is 1. The van der Waals surface area contributed by atoms with Crippen LogP contribution in [0.25, 0.3) is 5.65 Å². The van der Waals surface area contributed by atoms with E-state index in [4.69, 9.17) is 5.73 Å². The van der Waals surface area contributed by atoms with Crippen molar-refractivity contribution in [2.45, 2.75) is 13.3 Å². The van der Waals surface area contributed by atoms with Gasteiger partial charge in [-0.15, -0.1) is 0 Å². The van der Waals surface area contributed by atoms with Crippen molar-refractivity contribution in [2.24, 2.45) is 0 Å². The van der Waals surface area contributed by atoms with Gasteiger partial charge >= 0.3 is 0 Å². The van der Waals surface area contributed by atoms with Crippen molar-refractivity contribution in [2.75, 3.05) is 5.73 Å². The Balaban J connectivity index is 2.80. The fourth-order valence-corrected chi connectivity index (χ4v) is 1.77. The van der Waals surface area contributed by atoms with Crippen LogP contribution < -0.4 is 5.73 Å². The Labute approximate surface area is 84.7 Å². The van der Waals surface area contributed by atoms with Crippen molar-refractivity contribution in [1.29, 1.82) is 0 Å². The molecule has 0 aliphatic heterocycles. The summed E-state index contributed by atoms with van der Waals surface area (Å²) in [7, 11) is 0. The number of nitrogen functional groups attached to an aromatic ring is 1. The number of aromatic nitrogens is 2. The zero-order chi connectivity index (χ0) is 9.42. The molecule has 0 radical (unpaired) electrons. The highest BCUT2D eigenvalue weighted by Gasteiger charge is 2.06. The Hall–Kier alpha value is -1.03. The van der Waals surface area contributed by atoms with Gasteiger partial charge in [-0.3, -0.25) is 0 Å². The molecule has 0 atom stereocenters. The van der Waals surface area contributed by atoms with Crippen molar-refractivity contribution < 1.29 is 0 Å². The first kappa shape index (κ1) is 8.56. The van der Waals surface area contributed by atoms with Gasteiger partial charge in [0.1, 0.15) is 11.5 Å². The predicted octanol–water partition coefficient (Wildman–Crippen LogP) is 2.24. The van der Waals surface area contributed by atoms with Crippen molar-refractivity contribution in [3.8, 4) is 0 Å². The van der Waals surface area contributed by atoms with Crippen LogP contribution in [0.5, 0.6) is 0 Å². The van der Waals surface area contributed by atoms with E-state index in [1.807, 2.05) is 22.7 Å². The molecule has 3 nitrogen and oxygen atoms in total. The minimum atomic E-state index is 0.626. The second kappa shape index (κ2) is 3.03. The lowest BCUT2D eigenvalue weighted by molar-refractivity contribution is 0.995. The van der Waals surface area contributed by atoms with Gasteiger partial charge < -0.3 is 10.1 Å². The number of imidazole rings is 1. The molecule has 0 aromatic carbocycles. The van der Waals surface area contributed by atoms with Crippen LogP contribution in [0.4, 0.5) is 5.82 Å². The van der Waals surface area contributed by atoms with E-state index in [0.717, 1.165) is 22.2 Å². The standard InChI is InChI=1S/C9H10BrN3/c1-2-7-9(11)12-8-4-3-6(10)5-13(7)8/h3-5H,2,11H2,1H3. The number of hydrogen-bond acceptors (Lipinski definition) is 2. The maximum Gasteiger partial charge on any atom is 0.145 e. The fourth-order valence-electron chi connectivity index (χ4n) is 1.44. The van der Waals surface area contributed by atoms with Gasteiger partial charge in [0.05, 0.1) is 5.69 Å². The van der Waals surface area contributed by atoms with Gasteiger partial charge in [0, 0.05) is 10.7 Å². The number of nitrogens with zero attached hydrogens (tertiary/aromatic N) is 2. The average Bonchev–Trinajstić information content (AvgIpc) is 2.40. The van der Waals surface area contributed by atoms with E-state index >= 15 is 0 Å². The molecule has 0 amide bonds. The molecule has 0 saturated heterocycles. The first-order valence-electron chi connectivity index (χ1n) is 4.14. The maximum absolute atomic E-state index is 5.77. The van der Waals surface area contributed by atoms with Crippen LogP contribution in [0, 0.1) is 0 Å². The van der Waals surface area contributed by atoms with E-state index in [1.54, 1.807) is 0 Å². The zero-order valence-corrected chi connectivity index (χ0v) is 8.87. The maximum atomic E-state index is 5.77. The van der Waals surface area contributed by atoms with Gasteiger partial charge in [-0.25, -0.2) is 4.98 Å². The van der Waals surface area contributed by atoms with Crippen LogP contribution in [-0.2, 0) is 6.42 Å². The van der Waals surface area contributed by atoms with E-state index in [-0.39, 0.29) is 0 Å². The Morgan fingerprint density at radius 2 is 2.31 bits per heavy atom. The molecule has 0 unspecified atom stereocenters. The summed E-state index contributed by atoms with van der Waals surface area (Å²) in [4.78, 5) is 4.24. The van der Waals surface area contributed by atoms with E-state index in [2.05, 4.69) is 27.8 Å². The molecule has 2 rings (SSSR count). The Bertz CT molecular complexity index is 447. The van der Waals surface area contributed by atoms with Crippen molar-refractivity contribution in [3.05, 3.63) is 28.5 Å². The summed E-state index contributed by atoms with van der Waals surface area (Å²) in [5.41, 5.74) is 7.73. The molecule has 2 aromatic rings. The Morgan fingerprint density at radius 3 is 3.00 bits per heavy atom. The largest absolute Gasteiger partial charge is 0.382 e. The van der Waals surface area contributed by atoms with Crippen molar-refractivity contribution in [1.82, 2.24) is 9.38 Å². The molecule has 2 aromatic heterocycles. The number of nitrogens with two attached hydrogens (primary N) is 1. The summed E-state index contributed by atoms with van der Waals surface area (Å²) in [6.45, 7) is 2.07. The average molecular weight is 240 g/mol. The smallest absolute Gasteiger partial charge is 0.145 e. The highest BCUT2D eigenvalue weighted by atomic mass is 79.9. The minimum Gasteiger partial charge on any atom is -0.382 e. The van der Waals surface area contributed by atoms with Gasteiger partial charge in [-0.1, -0.05) is 6.92 Å². The molecule has 2 N–H and O–H groups in total. The third-order valence-corrected chi connectivity index (χ3v) is 2.52. The molecule has 0 fully saturated rings. The zero-order valence-electron chi connectivity index (χ0n) is 7.29. The third kappa shape index (κ3) is 1.31. The number of hydrogen-bond donors (Lipinski definition) is 1. The Kier molecular flexibility index (Phi) is 2.00. The van der Waals surface area contributed by atoms with Gasteiger partial charge in [-0.05, 0) is 34.5 Å². The molecular weight excluding hydrogens is 230 g/mol. The number of rotatable bonds is 1. The monoisotopic (exact) mass is 239 g/mol. The molecule has 4 heteroatoms. The summed E-state index contributed by atoms with van der Waals surface area (Å²) in [6, 6.07) is 3.90. The van der Waals surface area contributed by atoms with Crippen LogP contribution >= 0.6 is 15.9 Å². The fraction of sp³-hybridized carbons (Fsp3) is 0.222. The summed E-state index contributed by atoms with van der Waals surface area (Å²) in [5.74, 6) is 0.626. The molecule has 2 heterocycles. The van der Waals surface area contributed by atoms with Crippen molar-refractivity contribution >= 4 is 27.4 Å². The number of anilines is 1. The molecular formula is C9H10BrN3. The van der Waals surface area contributed by atoms with Gasteiger partial charge in [0.2, 0.25) is 0 Å². The predicted molar refractivity (Wildman–Crippen MR) is 56.7 cm³/mol. The van der Waals surface area contributed by atoms with Gasteiger partial charge in [0.15, 0.2) is 0 Å². The summed E-state index contributed by atoms with van der Waals surface area (Å²) in [6.07, 6.45) is 2.88. The van der Waals surface area contributed by atoms with E-state index in [1.165, 1.54) is 0 Å². The molecule has 0 saturated carbocycles. The van der Waals surface area contributed by atoms with E-state index in [9.17, 15) is 0 Å². The highest BCUT2D eigenvalue weighted by molar-refractivity contribution is 9.10. The summed E-state index contributed by atoms with van der Waals surface area (Å²) in [5, 5.41) is 0. The Morgan fingerprint density at radius 1 is 1.54 bits per heavy atom. The normalized spacial score (nSPS) is 10.9. The van der Waals surface area contributed by atoms with Crippen molar-refractivity contribution in [3.63, 3.8) is 0 Å². The first-order valence-corrected chi connectivity index (χ1v) is 4.93. The van der Waals surface area contributed by atoms with Crippen LogP contribution in [0.15, 0.2) is 22.8 Å². The number of halogens is 1. The molecule has 0 bridgehead atoms.